The highest BCUT2D eigenvalue weighted by Gasteiger charge is 2.27. The third-order valence-corrected chi connectivity index (χ3v) is 6.84. The number of ether oxygens (including phenoxy) is 1. The van der Waals surface area contributed by atoms with Crippen molar-refractivity contribution < 1.29 is 23.1 Å². The summed E-state index contributed by atoms with van der Waals surface area (Å²) >= 11 is 1.04. The SMILES string of the molecule is O=C(O)CN(c1ccc(OCc2ccccc2)cc1)S(=O)(=O)c1cccs1. The summed E-state index contributed by atoms with van der Waals surface area (Å²) in [6.45, 7) is -0.281. The molecule has 0 spiro atoms. The highest BCUT2D eigenvalue weighted by molar-refractivity contribution is 7.94. The lowest BCUT2D eigenvalue weighted by molar-refractivity contribution is -0.135. The van der Waals surface area contributed by atoms with Crippen molar-refractivity contribution in [1.82, 2.24) is 0 Å². The molecule has 0 amide bonds. The average molecular weight is 403 g/mol. The van der Waals surface area contributed by atoms with E-state index in [2.05, 4.69) is 0 Å². The van der Waals surface area contributed by atoms with Crippen LogP contribution in [0.4, 0.5) is 5.69 Å². The van der Waals surface area contributed by atoms with E-state index in [0.717, 1.165) is 21.2 Å². The van der Waals surface area contributed by atoms with Gasteiger partial charge < -0.3 is 9.84 Å². The molecular formula is C19H17NO5S2. The van der Waals surface area contributed by atoms with Crippen molar-refractivity contribution in [3.8, 4) is 5.75 Å². The number of nitrogens with zero attached hydrogens (tertiary/aromatic N) is 1. The Balaban J connectivity index is 1.80. The fourth-order valence-electron chi connectivity index (χ4n) is 2.41. The van der Waals surface area contributed by atoms with Gasteiger partial charge in [0, 0.05) is 0 Å². The summed E-state index contributed by atoms with van der Waals surface area (Å²) in [5.74, 6) is -0.675. The maximum absolute atomic E-state index is 12.8. The van der Waals surface area contributed by atoms with Crippen LogP contribution in [0.15, 0.2) is 76.3 Å². The topological polar surface area (TPSA) is 83.9 Å². The number of thiophene rings is 1. The molecule has 140 valence electrons. The number of carbonyl (C=O) groups is 1. The minimum absolute atomic E-state index is 0.0909. The zero-order valence-corrected chi connectivity index (χ0v) is 15.8. The molecule has 0 saturated carbocycles. The Morgan fingerprint density at radius 1 is 1.00 bits per heavy atom. The number of sulfonamides is 1. The molecule has 0 bridgehead atoms. The van der Waals surface area contributed by atoms with Crippen molar-refractivity contribution in [2.24, 2.45) is 0 Å². The fourth-order valence-corrected chi connectivity index (χ4v) is 4.93. The van der Waals surface area contributed by atoms with Crippen LogP contribution in [0.5, 0.6) is 5.75 Å². The van der Waals surface area contributed by atoms with E-state index in [1.165, 1.54) is 18.2 Å². The summed E-state index contributed by atoms with van der Waals surface area (Å²) in [6.07, 6.45) is 0. The molecule has 3 rings (SSSR count). The Bertz CT molecular complexity index is 984. The summed E-state index contributed by atoms with van der Waals surface area (Å²) in [5, 5.41) is 10.8. The molecule has 3 aromatic rings. The standard InChI is InChI=1S/C19H17NO5S2/c21-18(22)13-20(27(23,24)19-7-4-12-26-19)16-8-10-17(11-9-16)25-14-15-5-2-1-3-6-15/h1-12H,13-14H2,(H,21,22). The maximum atomic E-state index is 12.8. The molecule has 27 heavy (non-hydrogen) atoms. The second-order valence-corrected chi connectivity index (χ2v) is 8.64. The summed E-state index contributed by atoms with van der Waals surface area (Å²) < 4.78 is 32.2. The molecule has 0 aliphatic carbocycles. The molecule has 0 unspecified atom stereocenters. The van der Waals surface area contributed by atoms with Gasteiger partial charge in [0.1, 0.15) is 23.1 Å². The number of benzene rings is 2. The minimum Gasteiger partial charge on any atom is -0.489 e. The first-order valence-corrected chi connectivity index (χ1v) is 10.3. The predicted octanol–water partition coefficient (Wildman–Crippen LogP) is 3.61. The van der Waals surface area contributed by atoms with Crippen LogP contribution in [-0.2, 0) is 21.4 Å². The van der Waals surface area contributed by atoms with Gasteiger partial charge in [-0.2, -0.15) is 0 Å². The Hall–Kier alpha value is -2.84. The van der Waals surface area contributed by atoms with E-state index in [1.807, 2.05) is 30.3 Å². The van der Waals surface area contributed by atoms with Crippen molar-refractivity contribution in [2.75, 3.05) is 10.8 Å². The lowest BCUT2D eigenvalue weighted by Crippen LogP contribution is -2.35. The molecule has 0 atom stereocenters. The number of aliphatic carboxylic acids is 1. The smallest absolute Gasteiger partial charge is 0.324 e. The van der Waals surface area contributed by atoms with Gasteiger partial charge in [-0.25, -0.2) is 8.42 Å². The van der Waals surface area contributed by atoms with Crippen LogP contribution in [0.1, 0.15) is 5.56 Å². The predicted molar refractivity (Wildman–Crippen MR) is 104 cm³/mol. The van der Waals surface area contributed by atoms with E-state index in [1.54, 1.807) is 23.6 Å². The van der Waals surface area contributed by atoms with Crippen LogP contribution in [0, 0.1) is 0 Å². The first-order valence-electron chi connectivity index (χ1n) is 8.01. The molecule has 6 nitrogen and oxygen atoms in total. The molecule has 0 fully saturated rings. The van der Waals surface area contributed by atoms with Crippen LogP contribution in [0.2, 0.25) is 0 Å². The quantitative estimate of drug-likeness (QED) is 0.621. The highest BCUT2D eigenvalue weighted by Crippen LogP contribution is 2.28. The van der Waals surface area contributed by atoms with E-state index in [4.69, 9.17) is 9.84 Å². The van der Waals surface area contributed by atoms with Crippen LogP contribution in [0.3, 0.4) is 0 Å². The Kier molecular flexibility index (Phi) is 5.78. The van der Waals surface area contributed by atoms with Gasteiger partial charge in [-0.05, 0) is 41.3 Å². The lowest BCUT2D eigenvalue weighted by Gasteiger charge is -2.22. The number of hydrogen-bond acceptors (Lipinski definition) is 5. The van der Waals surface area contributed by atoms with Crippen LogP contribution < -0.4 is 9.04 Å². The number of carboxylic acids is 1. The van der Waals surface area contributed by atoms with Gasteiger partial charge in [0.05, 0.1) is 5.69 Å². The molecule has 0 saturated heterocycles. The van der Waals surface area contributed by atoms with Crippen LogP contribution in [-0.4, -0.2) is 26.0 Å². The van der Waals surface area contributed by atoms with E-state index in [-0.39, 0.29) is 9.90 Å². The van der Waals surface area contributed by atoms with Crippen molar-refractivity contribution in [3.05, 3.63) is 77.7 Å². The molecule has 0 aliphatic rings. The third kappa shape index (κ3) is 4.66. The lowest BCUT2D eigenvalue weighted by atomic mass is 10.2. The van der Waals surface area contributed by atoms with Crippen molar-refractivity contribution in [2.45, 2.75) is 10.8 Å². The Morgan fingerprint density at radius 3 is 2.30 bits per heavy atom. The molecule has 8 heteroatoms. The van der Waals surface area contributed by atoms with Crippen molar-refractivity contribution in [1.29, 1.82) is 0 Å². The second-order valence-electron chi connectivity index (χ2n) is 5.61. The molecule has 1 aromatic heterocycles. The normalized spacial score (nSPS) is 11.1. The Morgan fingerprint density at radius 2 is 1.70 bits per heavy atom. The molecule has 1 N–H and O–H groups in total. The van der Waals surface area contributed by atoms with E-state index in [9.17, 15) is 13.2 Å². The summed E-state index contributed by atoms with van der Waals surface area (Å²) in [4.78, 5) is 11.2. The number of rotatable bonds is 8. The van der Waals surface area contributed by atoms with Crippen LogP contribution >= 0.6 is 11.3 Å². The van der Waals surface area contributed by atoms with Gasteiger partial charge in [-0.3, -0.25) is 9.10 Å². The highest BCUT2D eigenvalue weighted by atomic mass is 32.2. The van der Waals surface area contributed by atoms with Gasteiger partial charge in [0.15, 0.2) is 0 Å². The minimum atomic E-state index is -3.94. The molecule has 2 aromatic carbocycles. The van der Waals surface area contributed by atoms with Gasteiger partial charge in [0.25, 0.3) is 10.0 Å². The van der Waals surface area contributed by atoms with E-state index < -0.39 is 22.5 Å². The zero-order chi connectivity index (χ0) is 19.3. The van der Waals surface area contributed by atoms with E-state index >= 15 is 0 Å². The zero-order valence-electron chi connectivity index (χ0n) is 14.2. The van der Waals surface area contributed by atoms with Gasteiger partial charge in [-0.15, -0.1) is 11.3 Å². The van der Waals surface area contributed by atoms with Gasteiger partial charge in [0.2, 0.25) is 0 Å². The first-order chi connectivity index (χ1) is 13.0. The maximum Gasteiger partial charge on any atom is 0.324 e. The third-order valence-electron chi connectivity index (χ3n) is 3.69. The first kappa shape index (κ1) is 18.9. The fraction of sp³-hybridized carbons (Fsp3) is 0.105. The van der Waals surface area contributed by atoms with Gasteiger partial charge in [-0.1, -0.05) is 36.4 Å². The summed E-state index contributed by atoms with van der Waals surface area (Å²) in [6, 6.07) is 19.0. The average Bonchev–Trinajstić information content (AvgIpc) is 3.21. The second kappa shape index (κ2) is 8.24. The van der Waals surface area contributed by atoms with Crippen molar-refractivity contribution >= 4 is 33.0 Å². The molecule has 1 heterocycles. The summed E-state index contributed by atoms with van der Waals surface area (Å²) in [7, 11) is -3.94. The Labute approximate surface area is 161 Å². The number of hydrogen-bond donors (Lipinski definition) is 1. The van der Waals surface area contributed by atoms with Crippen LogP contribution in [0.25, 0.3) is 0 Å². The molecular weight excluding hydrogens is 386 g/mol. The molecule has 0 radical (unpaired) electrons. The largest absolute Gasteiger partial charge is 0.489 e. The van der Waals surface area contributed by atoms with E-state index in [0.29, 0.717) is 12.4 Å². The van der Waals surface area contributed by atoms with Crippen molar-refractivity contribution in [3.63, 3.8) is 0 Å². The number of carboxylic acid groups (broad SMARTS) is 1. The summed E-state index contributed by atoms with van der Waals surface area (Å²) in [5.41, 5.74) is 1.27. The number of anilines is 1. The molecule has 0 aliphatic heterocycles. The monoisotopic (exact) mass is 403 g/mol. The van der Waals surface area contributed by atoms with Gasteiger partial charge >= 0.3 is 5.97 Å².